The molecule has 2 N–H and O–H groups in total. The molecule has 0 unspecified atom stereocenters. The molecular weight excluding hydrogens is 178 g/mol. The van der Waals surface area contributed by atoms with Crippen molar-refractivity contribution in [3.8, 4) is 0 Å². The van der Waals surface area contributed by atoms with Crippen LogP contribution in [0.15, 0.2) is 0 Å². The topological polar surface area (TPSA) is 49.6 Å². The molecule has 2 atom stereocenters. The van der Waals surface area contributed by atoms with Crippen LogP contribution in [0.2, 0.25) is 0 Å². The van der Waals surface area contributed by atoms with Crippen LogP contribution in [0.3, 0.4) is 0 Å². The van der Waals surface area contributed by atoms with Crippen molar-refractivity contribution < 1.29 is 4.79 Å². The molecule has 2 fully saturated rings. The maximum Gasteiger partial charge on any atom is 0.320 e. The molecule has 2 amide bonds. The number of hydrogen-bond acceptors (Lipinski definition) is 2. The van der Waals surface area contributed by atoms with Gasteiger partial charge in [-0.1, -0.05) is 12.8 Å². The van der Waals surface area contributed by atoms with Crippen LogP contribution in [-0.4, -0.2) is 48.1 Å². The zero-order chi connectivity index (χ0) is 10.1. The van der Waals surface area contributed by atoms with Gasteiger partial charge in [-0.25, -0.2) is 4.79 Å². The summed E-state index contributed by atoms with van der Waals surface area (Å²) >= 11 is 0. The first kappa shape index (κ1) is 9.77. The molecule has 0 spiro atoms. The van der Waals surface area contributed by atoms with E-state index < -0.39 is 0 Å². The minimum atomic E-state index is 0.160. The molecule has 4 heteroatoms. The molecule has 0 aromatic rings. The molecular formula is C10H19N3O. The van der Waals surface area contributed by atoms with Crippen molar-refractivity contribution in [1.29, 1.82) is 0 Å². The van der Waals surface area contributed by atoms with E-state index in [-0.39, 0.29) is 12.1 Å². The van der Waals surface area contributed by atoms with Crippen molar-refractivity contribution in [1.82, 2.24) is 9.80 Å². The van der Waals surface area contributed by atoms with E-state index in [9.17, 15) is 4.79 Å². The summed E-state index contributed by atoms with van der Waals surface area (Å²) in [5.41, 5.74) is 6.05. The third-order valence-electron chi connectivity index (χ3n) is 3.43. The first-order valence-electron chi connectivity index (χ1n) is 5.47. The van der Waals surface area contributed by atoms with E-state index in [1.165, 1.54) is 12.8 Å². The second-order valence-corrected chi connectivity index (χ2v) is 4.41. The smallest absolute Gasteiger partial charge is 0.320 e. The zero-order valence-corrected chi connectivity index (χ0v) is 8.78. The Hall–Kier alpha value is -0.770. The third-order valence-corrected chi connectivity index (χ3v) is 3.43. The van der Waals surface area contributed by atoms with Gasteiger partial charge < -0.3 is 15.5 Å². The predicted molar refractivity (Wildman–Crippen MR) is 55.0 cm³/mol. The van der Waals surface area contributed by atoms with Crippen LogP contribution in [0.4, 0.5) is 4.79 Å². The minimum Gasteiger partial charge on any atom is -0.326 e. The summed E-state index contributed by atoms with van der Waals surface area (Å²) in [6.07, 6.45) is 4.58. The highest BCUT2D eigenvalue weighted by atomic mass is 16.2. The third kappa shape index (κ3) is 1.59. The average molecular weight is 197 g/mol. The van der Waals surface area contributed by atoms with E-state index in [4.69, 9.17) is 5.73 Å². The van der Waals surface area contributed by atoms with Gasteiger partial charge in [-0.2, -0.15) is 0 Å². The van der Waals surface area contributed by atoms with E-state index >= 15 is 0 Å². The van der Waals surface area contributed by atoms with Crippen LogP contribution >= 0.6 is 0 Å². The van der Waals surface area contributed by atoms with E-state index in [0.717, 1.165) is 25.9 Å². The van der Waals surface area contributed by atoms with Crippen molar-refractivity contribution in [2.45, 2.75) is 37.8 Å². The van der Waals surface area contributed by atoms with Crippen LogP contribution in [0.25, 0.3) is 0 Å². The highest BCUT2D eigenvalue weighted by Gasteiger charge is 2.35. The van der Waals surface area contributed by atoms with Crippen molar-refractivity contribution >= 4 is 6.03 Å². The summed E-state index contributed by atoms with van der Waals surface area (Å²) < 4.78 is 0. The fourth-order valence-electron chi connectivity index (χ4n) is 2.50. The van der Waals surface area contributed by atoms with Crippen LogP contribution in [0.1, 0.15) is 25.7 Å². The van der Waals surface area contributed by atoms with Crippen LogP contribution in [0, 0.1) is 0 Å². The molecule has 0 aromatic heterocycles. The van der Waals surface area contributed by atoms with Crippen molar-refractivity contribution in [3.63, 3.8) is 0 Å². The number of rotatable bonds is 1. The molecule has 2 aliphatic rings. The monoisotopic (exact) mass is 197 g/mol. The summed E-state index contributed by atoms with van der Waals surface area (Å²) in [4.78, 5) is 15.5. The molecule has 4 nitrogen and oxygen atoms in total. The lowest BCUT2D eigenvalue weighted by molar-refractivity contribution is 0.157. The molecule has 80 valence electrons. The fraction of sp³-hybridized carbons (Fsp3) is 0.900. The Kier molecular flexibility index (Phi) is 2.63. The van der Waals surface area contributed by atoms with Crippen molar-refractivity contribution in [2.75, 3.05) is 20.1 Å². The standard InChI is InChI=1S/C10H19N3O/c1-12-6-7-13(10(12)14)9-5-3-2-4-8(9)11/h8-9H,2-7,11H2,1H3/t8-,9-/m1/s1. The molecule has 0 radical (unpaired) electrons. The Bertz CT molecular complexity index is 231. The Balaban J connectivity index is 2.03. The van der Waals surface area contributed by atoms with Gasteiger partial charge in [0.1, 0.15) is 0 Å². The van der Waals surface area contributed by atoms with E-state index in [1.807, 2.05) is 11.9 Å². The maximum atomic E-state index is 11.7. The van der Waals surface area contributed by atoms with Gasteiger partial charge in [-0.05, 0) is 12.8 Å². The molecule has 1 saturated carbocycles. The summed E-state index contributed by atoms with van der Waals surface area (Å²) in [5.74, 6) is 0. The number of hydrogen-bond donors (Lipinski definition) is 1. The van der Waals surface area contributed by atoms with Crippen molar-refractivity contribution in [2.24, 2.45) is 5.73 Å². The van der Waals surface area contributed by atoms with Crippen LogP contribution < -0.4 is 5.73 Å². The number of urea groups is 1. The quantitative estimate of drug-likeness (QED) is 0.670. The Morgan fingerprint density at radius 2 is 2.00 bits per heavy atom. The van der Waals surface area contributed by atoms with E-state index in [0.29, 0.717) is 6.04 Å². The van der Waals surface area contributed by atoms with Gasteiger partial charge in [0.15, 0.2) is 0 Å². The van der Waals surface area contributed by atoms with Gasteiger partial charge in [0.2, 0.25) is 0 Å². The van der Waals surface area contributed by atoms with Gasteiger partial charge in [0.05, 0.1) is 0 Å². The second kappa shape index (κ2) is 3.77. The number of carbonyl (C=O) groups is 1. The lowest BCUT2D eigenvalue weighted by Crippen LogP contribution is -2.50. The molecule has 2 rings (SSSR count). The summed E-state index contributed by atoms with van der Waals surface area (Å²) in [6, 6.07) is 0.646. The minimum absolute atomic E-state index is 0.160. The first-order valence-corrected chi connectivity index (χ1v) is 5.47. The summed E-state index contributed by atoms with van der Waals surface area (Å²) in [7, 11) is 1.86. The number of likely N-dealkylation sites (N-methyl/N-ethyl adjacent to an activating group) is 1. The van der Waals surface area contributed by atoms with Gasteiger partial charge >= 0.3 is 6.03 Å². The molecule has 1 saturated heterocycles. The number of nitrogens with two attached hydrogens (primary N) is 1. The normalized spacial score (nSPS) is 34.0. The average Bonchev–Trinajstić information content (AvgIpc) is 2.49. The highest BCUT2D eigenvalue weighted by molar-refractivity contribution is 5.76. The number of amides is 2. The van der Waals surface area contributed by atoms with Gasteiger partial charge in [-0.15, -0.1) is 0 Å². The van der Waals surface area contributed by atoms with E-state index in [1.54, 1.807) is 4.90 Å². The van der Waals surface area contributed by atoms with Gasteiger partial charge in [-0.3, -0.25) is 0 Å². The Morgan fingerprint density at radius 1 is 1.29 bits per heavy atom. The molecule has 1 heterocycles. The first-order chi connectivity index (χ1) is 6.70. The molecule has 14 heavy (non-hydrogen) atoms. The Morgan fingerprint density at radius 3 is 2.57 bits per heavy atom. The lowest BCUT2D eigenvalue weighted by Gasteiger charge is -2.35. The molecule has 1 aliphatic carbocycles. The highest BCUT2D eigenvalue weighted by Crippen LogP contribution is 2.24. The predicted octanol–water partition coefficient (Wildman–Crippen LogP) is 0.624. The largest absolute Gasteiger partial charge is 0.326 e. The van der Waals surface area contributed by atoms with Crippen molar-refractivity contribution in [3.05, 3.63) is 0 Å². The zero-order valence-electron chi connectivity index (χ0n) is 8.78. The van der Waals surface area contributed by atoms with Gasteiger partial charge in [0, 0.05) is 32.2 Å². The van der Waals surface area contributed by atoms with Crippen LogP contribution in [0.5, 0.6) is 0 Å². The SMILES string of the molecule is CN1CCN([C@@H]2CCCC[C@H]2N)C1=O. The van der Waals surface area contributed by atoms with Gasteiger partial charge in [0.25, 0.3) is 0 Å². The van der Waals surface area contributed by atoms with Crippen LogP contribution in [-0.2, 0) is 0 Å². The fourth-order valence-corrected chi connectivity index (χ4v) is 2.50. The second-order valence-electron chi connectivity index (χ2n) is 4.41. The number of carbonyl (C=O) groups excluding carboxylic acids is 1. The molecule has 1 aliphatic heterocycles. The number of nitrogens with zero attached hydrogens (tertiary/aromatic N) is 2. The molecule has 0 bridgehead atoms. The molecule has 0 aromatic carbocycles. The maximum absolute atomic E-state index is 11.7. The Labute approximate surface area is 85.0 Å². The lowest BCUT2D eigenvalue weighted by atomic mass is 9.90. The summed E-state index contributed by atoms with van der Waals surface area (Å²) in [6.45, 7) is 1.70. The van der Waals surface area contributed by atoms with E-state index in [2.05, 4.69) is 0 Å². The summed E-state index contributed by atoms with van der Waals surface area (Å²) in [5, 5.41) is 0.